The molecule has 0 fully saturated rings. The van der Waals surface area contributed by atoms with E-state index in [1.54, 1.807) is 7.11 Å². The molecule has 84 valence electrons. The van der Waals surface area contributed by atoms with Crippen LogP contribution in [0.4, 0.5) is 5.13 Å². The molecule has 16 heavy (non-hydrogen) atoms. The molecule has 0 aliphatic rings. The van der Waals surface area contributed by atoms with Crippen LogP contribution in [0.3, 0.4) is 0 Å². The molecule has 0 aliphatic heterocycles. The Labute approximate surface area is 106 Å². The second-order valence-corrected chi connectivity index (χ2v) is 5.31. The molecule has 1 aromatic carbocycles. The van der Waals surface area contributed by atoms with Crippen molar-refractivity contribution in [3.05, 3.63) is 39.3 Å². The molecule has 0 unspecified atom stereocenters. The van der Waals surface area contributed by atoms with E-state index in [2.05, 4.69) is 27.0 Å². The summed E-state index contributed by atoms with van der Waals surface area (Å²) >= 11 is 4.98. The third-order valence-electron chi connectivity index (χ3n) is 2.17. The first kappa shape index (κ1) is 11.4. The van der Waals surface area contributed by atoms with Gasteiger partial charge in [0.25, 0.3) is 0 Å². The first-order valence-electron chi connectivity index (χ1n) is 4.71. The number of halogens is 1. The first-order valence-corrected chi connectivity index (χ1v) is 6.32. The van der Waals surface area contributed by atoms with Crippen LogP contribution in [-0.2, 0) is 6.42 Å². The zero-order valence-corrected chi connectivity index (χ0v) is 11.1. The number of nitrogens with two attached hydrogens (primary N) is 1. The minimum atomic E-state index is 0.613. The molecular weight excluding hydrogens is 288 g/mol. The molecule has 5 heteroatoms. The Morgan fingerprint density at radius 1 is 1.50 bits per heavy atom. The number of methoxy groups -OCH3 is 1. The normalized spacial score (nSPS) is 10.4. The summed E-state index contributed by atoms with van der Waals surface area (Å²) in [5.41, 5.74) is 6.79. The predicted octanol–water partition coefficient (Wildman–Crippen LogP) is 3.09. The molecule has 3 nitrogen and oxygen atoms in total. The summed E-state index contributed by atoms with van der Waals surface area (Å²) in [6, 6.07) is 6.04. The van der Waals surface area contributed by atoms with Crippen molar-refractivity contribution in [2.24, 2.45) is 0 Å². The van der Waals surface area contributed by atoms with Crippen molar-refractivity contribution in [1.82, 2.24) is 4.98 Å². The molecule has 2 aromatic rings. The van der Waals surface area contributed by atoms with Crippen LogP contribution < -0.4 is 10.5 Å². The molecule has 0 saturated heterocycles. The molecule has 0 atom stereocenters. The molecular formula is C11H11BrN2OS. The highest BCUT2D eigenvalue weighted by atomic mass is 79.9. The van der Waals surface area contributed by atoms with Gasteiger partial charge in [0.2, 0.25) is 0 Å². The van der Waals surface area contributed by atoms with Crippen LogP contribution in [-0.4, -0.2) is 12.1 Å². The average Bonchev–Trinajstić information content (AvgIpc) is 2.64. The Morgan fingerprint density at radius 3 is 2.88 bits per heavy atom. The van der Waals surface area contributed by atoms with Crippen molar-refractivity contribution in [1.29, 1.82) is 0 Å². The molecule has 0 spiro atoms. The highest BCUT2D eigenvalue weighted by molar-refractivity contribution is 9.10. The van der Waals surface area contributed by atoms with Crippen LogP contribution in [0.2, 0.25) is 0 Å². The van der Waals surface area contributed by atoms with Crippen molar-refractivity contribution in [3.8, 4) is 5.75 Å². The van der Waals surface area contributed by atoms with Gasteiger partial charge in [-0.15, -0.1) is 11.3 Å². The summed E-state index contributed by atoms with van der Waals surface area (Å²) < 4.78 is 6.14. The lowest BCUT2D eigenvalue weighted by Gasteiger charge is -2.05. The Kier molecular flexibility index (Phi) is 3.46. The summed E-state index contributed by atoms with van der Waals surface area (Å²) in [4.78, 5) is 5.19. The molecule has 0 aliphatic carbocycles. The van der Waals surface area contributed by atoms with Crippen molar-refractivity contribution < 1.29 is 4.74 Å². The number of hydrogen-bond donors (Lipinski definition) is 1. The van der Waals surface area contributed by atoms with Gasteiger partial charge < -0.3 is 10.5 Å². The third-order valence-corrected chi connectivity index (χ3v) is 3.61. The summed E-state index contributed by atoms with van der Waals surface area (Å²) in [5, 5.41) is 0.613. The number of aromatic nitrogens is 1. The van der Waals surface area contributed by atoms with Gasteiger partial charge >= 0.3 is 0 Å². The van der Waals surface area contributed by atoms with Crippen LogP contribution >= 0.6 is 27.3 Å². The first-order chi connectivity index (χ1) is 7.69. The lowest BCUT2D eigenvalue weighted by Crippen LogP contribution is -1.88. The summed E-state index contributed by atoms with van der Waals surface area (Å²) in [6.07, 6.45) is 2.66. The van der Waals surface area contributed by atoms with Crippen LogP contribution in [0.1, 0.15) is 10.4 Å². The van der Waals surface area contributed by atoms with E-state index in [0.717, 1.165) is 21.5 Å². The van der Waals surface area contributed by atoms with Gasteiger partial charge in [0, 0.05) is 17.5 Å². The van der Waals surface area contributed by atoms with Crippen molar-refractivity contribution in [3.63, 3.8) is 0 Å². The highest BCUT2D eigenvalue weighted by Gasteiger charge is 2.04. The molecule has 2 rings (SSSR count). The third kappa shape index (κ3) is 2.54. The number of anilines is 1. The largest absolute Gasteiger partial charge is 0.496 e. The fourth-order valence-electron chi connectivity index (χ4n) is 1.43. The van der Waals surface area contributed by atoms with Gasteiger partial charge in [-0.25, -0.2) is 4.98 Å². The van der Waals surface area contributed by atoms with Gasteiger partial charge in [0.15, 0.2) is 5.13 Å². The summed E-state index contributed by atoms with van der Waals surface area (Å²) in [6.45, 7) is 0. The number of hydrogen-bond acceptors (Lipinski definition) is 4. The van der Waals surface area contributed by atoms with Crippen molar-refractivity contribution >= 4 is 32.4 Å². The monoisotopic (exact) mass is 298 g/mol. The maximum absolute atomic E-state index is 5.59. The van der Waals surface area contributed by atoms with E-state index < -0.39 is 0 Å². The lowest BCUT2D eigenvalue weighted by atomic mass is 10.1. The number of nitrogen functional groups attached to an aromatic ring is 1. The van der Waals surface area contributed by atoms with E-state index in [4.69, 9.17) is 10.5 Å². The van der Waals surface area contributed by atoms with Crippen molar-refractivity contribution in [2.75, 3.05) is 12.8 Å². The topological polar surface area (TPSA) is 48.1 Å². The molecule has 0 bridgehead atoms. The molecule has 0 amide bonds. The molecule has 2 N–H and O–H groups in total. The molecule has 0 radical (unpaired) electrons. The fourth-order valence-corrected chi connectivity index (χ4v) is 2.73. The quantitative estimate of drug-likeness (QED) is 0.947. The minimum absolute atomic E-state index is 0.613. The number of ether oxygens (including phenoxy) is 1. The number of thiazole rings is 1. The predicted molar refractivity (Wildman–Crippen MR) is 70.0 cm³/mol. The Bertz CT molecular complexity index is 498. The SMILES string of the molecule is COc1ccc(Cc2cnc(N)s2)cc1Br. The Balaban J connectivity index is 2.19. The standard InChI is InChI=1S/C11H11BrN2OS/c1-15-10-3-2-7(5-9(10)12)4-8-6-14-11(13)16-8/h2-3,5-6H,4H2,1H3,(H2,13,14). The van der Waals surface area contributed by atoms with Crippen molar-refractivity contribution in [2.45, 2.75) is 6.42 Å². The number of rotatable bonds is 3. The average molecular weight is 299 g/mol. The van der Waals surface area contributed by atoms with E-state index >= 15 is 0 Å². The smallest absolute Gasteiger partial charge is 0.180 e. The van der Waals surface area contributed by atoms with Gasteiger partial charge in [-0.2, -0.15) is 0 Å². The van der Waals surface area contributed by atoms with Crippen LogP contribution in [0.15, 0.2) is 28.9 Å². The summed E-state index contributed by atoms with van der Waals surface area (Å²) in [5.74, 6) is 0.840. The summed E-state index contributed by atoms with van der Waals surface area (Å²) in [7, 11) is 1.66. The van der Waals surface area contributed by atoms with Gasteiger partial charge in [-0.3, -0.25) is 0 Å². The van der Waals surface area contributed by atoms with E-state index in [1.807, 2.05) is 18.3 Å². The van der Waals surface area contributed by atoms with E-state index in [0.29, 0.717) is 5.13 Å². The maximum atomic E-state index is 5.59. The second-order valence-electron chi connectivity index (χ2n) is 3.31. The second kappa shape index (κ2) is 4.84. The Morgan fingerprint density at radius 2 is 2.31 bits per heavy atom. The highest BCUT2D eigenvalue weighted by Crippen LogP contribution is 2.27. The fraction of sp³-hybridized carbons (Fsp3) is 0.182. The number of nitrogens with zero attached hydrogens (tertiary/aromatic N) is 1. The van der Waals surface area contributed by atoms with E-state index in [-0.39, 0.29) is 0 Å². The van der Waals surface area contributed by atoms with Gasteiger partial charge in [0.05, 0.1) is 11.6 Å². The van der Waals surface area contributed by atoms with Crippen LogP contribution in [0.5, 0.6) is 5.75 Å². The zero-order chi connectivity index (χ0) is 11.5. The lowest BCUT2D eigenvalue weighted by molar-refractivity contribution is 0.412. The van der Waals surface area contributed by atoms with Gasteiger partial charge in [-0.05, 0) is 33.6 Å². The van der Waals surface area contributed by atoms with Gasteiger partial charge in [-0.1, -0.05) is 6.07 Å². The van der Waals surface area contributed by atoms with Gasteiger partial charge in [0.1, 0.15) is 5.75 Å². The molecule has 1 heterocycles. The van der Waals surface area contributed by atoms with Crippen LogP contribution in [0, 0.1) is 0 Å². The molecule has 0 saturated carbocycles. The van der Waals surface area contributed by atoms with Crippen LogP contribution in [0.25, 0.3) is 0 Å². The maximum Gasteiger partial charge on any atom is 0.180 e. The zero-order valence-electron chi connectivity index (χ0n) is 8.74. The Hall–Kier alpha value is -1.07. The van der Waals surface area contributed by atoms with E-state index in [1.165, 1.54) is 16.9 Å². The van der Waals surface area contributed by atoms with E-state index in [9.17, 15) is 0 Å². The minimum Gasteiger partial charge on any atom is -0.496 e. The molecule has 1 aromatic heterocycles. The number of benzene rings is 1.